The maximum Gasteiger partial charge on any atom is 0.261 e. The molecule has 4 rings (SSSR count). The number of hydrogen-bond donors (Lipinski definition) is 0. The SMILES string of the molecule is COC1=CC(=C2CCCC23C=Nc2ccccc23)C=C(OC)C1=O. The van der Waals surface area contributed by atoms with Crippen molar-refractivity contribution in [1.29, 1.82) is 0 Å². The largest absolute Gasteiger partial charge is 0.492 e. The number of hydrogen-bond acceptors (Lipinski definition) is 4. The van der Waals surface area contributed by atoms with Gasteiger partial charge in [-0.1, -0.05) is 18.2 Å². The number of carbonyl (C=O) groups is 1. The van der Waals surface area contributed by atoms with Gasteiger partial charge in [-0.05, 0) is 54.2 Å². The highest BCUT2D eigenvalue weighted by atomic mass is 16.5. The molecule has 1 aromatic rings. The summed E-state index contributed by atoms with van der Waals surface area (Å²) in [6, 6.07) is 8.29. The van der Waals surface area contributed by atoms with Crippen LogP contribution in [0.2, 0.25) is 0 Å². The lowest BCUT2D eigenvalue weighted by molar-refractivity contribution is -0.117. The van der Waals surface area contributed by atoms with Gasteiger partial charge in [-0.3, -0.25) is 9.79 Å². The predicted octanol–water partition coefficient (Wildman–Crippen LogP) is 3.76. The van der Waals surface area contributed by atoms with E-state index in [1.807, 2.05) is 18.2 Å². The van der Waals surface area contributed by atoms with Gasteiger partial charge in [-0.25, -0.2) is 0 Å². The van der Waals surface area contributed by atoms with Crippen LogP contribution in [0.15, 0.2) is 64.1 Å². The molecule has 1 aromatic carbocycles. The monoisotopic (exact) mass is 321 g/mol. The van der Waals surface area contributed by atoms with Crippen LogP contribution in [0, 0.1) is 0 Å². The quantitative estimate of drug-likeness (QED) is 0.833. The maximum atomic E-state index is 12.2. The standard InChI is InChI=1S/C20H19NO3/c1-23-17-10-13(11-18(24-2)19(17)22)14-7-5-9-20(14)12-21-16-8-4-3-6-15(16)20/h3-4,6,8,10-12H,5,7,9H2,1-2H3. The summed E-state index contributed by atoms with van der Waals surface area (Å²) in [5, 5.41) is 0. The zero-order valence-electron chi connectivity index (χ0n) is 13.8. The van der Waals surface area contributed by atoms with Gasteiger partial charge in [-0.2, -0.15) is 0 Å². The molecular weight excluding hydrogens is 302 g/mol. The molecule has 4 nitrogen and oxygen atoms in total. The molecule has 1 unspecified atom stereocenters. The molecule has 3 aliphatic rings. The Labute approximate surface area is 141 Å². The van der Waals surface area contributed by atoms with Gasteiger partial charge in [-0.15, -0.1) is 0 Å². The number of methoxy groups -OCH3 is 2. The Morgan fingerprint density at radius 3 is 2.50 bits per heavy atom. The topological polar surface area (TPSA) is 47.9 Å². The normalized spacial score (nSPS) is 25.0. The summed E-state index contributed by atoms with van der Waals surface area (Å²) in [7, 11) is 3.03. The molecule has 1 spiro atoms. The average Bonchev–Trinajstić information content (AvgIpc) is 3.21. The second kappa shape index (κ2) is 5.48. The third kappa shape index (κ3) is 1.99. The molecule has 0 saturated heterocycles. The van der Waals surface area contributed by atoms with Gasteiger partial charge in [0.05, 0.1) is 25.3 Å². The summed E-state index contributed by atoms with van der Waals surface area (Å²) in [4.78, 5) is 16.9. The molecule has 1 saturated carbocycles. The highest BCUT2D eigenvalue weighted by Gasteiger charge is 2.44. The van der Waals surface area contributed by atoms with Crippen molar-refractivity contribution in [2.75, 3.05) is 14.2 Å². The van der Waals surface area contributed by atoms with Gasteiger partial charge in [0.25, 0.3) is 5.78 Å². The van der Waals surface area contributed by atoms with E-state index in [0.717, 1.165) is 30.5 Å². The van der Waals surface area contributed by atoms with E-state index >= 15 is 0 Å². The van der Waals surface area contributed by atoms with Crippen LogP contribution in [0.1, 0.15) is 24.8 Å². The summed E-state index contributed by atoms with van der Waals surface area (Å²) in [5.41, 5.74) is 4.41. The van der Waals surface area contributed by atoms with Crippen molar-refractivity contribution in [2.45, 2.75) is 24.7 Å². The fourth-order valence-electron chi connectivity index (χ4n) is 4.03. The number of ether oxygens (including phenoxy) is 2. The molecule has 4 heteroatoms. The Hall–Kier alpha value is -2.62. The first-order valence-electron chi connectivity index (χ1n) is 8.14. The van der Waals surface area contributed by atoms with Gasteiger partial charge in [0.15, 0.2) is 11.5 Å². The molecule has 1 atom stereocenters. The van der Waals surface area contributed by atoms with Crippen LogP contribution in [-0.4, -0.2) is 26.2 Å². The highest BCUT2D eigenvalue weighted by molar-refractivity contribution is 6.07. The number of carbonyl (C=O) groups excluding carboxylic acids is 1. The smallest absolute Gasteiger partial charge is 0.261 e. The van der Waals surface area contributed by atoms with Crippen LogP contribution in [0.25, 0.3) is 0 Å². The van der Waals surface area contributed by atoms with Crippen molar-refractivity contribution in [1.82, 2.24) is 0 Å². The molecule has 2 aliphatic carbocycles. The fourth-order valence-corrected chi connectivity index (χ4v) is 4.03. The lowest BCUT2D eigenvalue weighted by Gasteiger charge is -2.26. The average molecular weight is 321 g/mol. The van der Waals surface area contributed by atoms with Crippen molar-refractivity contribution in [2.24, 2.45) is 4.99 Å². The van der Waals surface area contributed by atoms with E-state index in [-0.39, 0.29) is 11.2 Å². The summed E-state index contributed by atoms with van der Waals surface area (Å²) in [5.74, 6) is 0.432. The molecule has 1 fully saturated rings. The van der Waals surface area contributed by atoms with Gasteiger partial charge < -0.3 is 9.47 Å². The predicted molar refractivity (Wildman–Crippen MR) is 92.3 cm³/mol. The first-order chi connectivity index (χ1) is 11.7. The second-order valence-electron chi connectivity index (χ2n) is 6.29. The lowest BCUT2D eigenvalue weighted by atomic mass is 9.75. The number of aliphatic imine (C=N–C) groups is 1. The van der Waals surface area contributed by atoms with Gasteiger partial charge in [0.1, 0.15) is 0 Å². The van der Waals surface area contributed by atoms with Crippen LogP contribution in [0.5, 0.6) is 0 Å². The fraction of sp³-hybridized carbons (Fsp3) is 0.300. The van der Waals surface area contributed by atoms with Crippen molar-refractivity contribution in [3.05, 3.63) is 64.6 Å². The van der Waals surface area contributed by atoms with Crippen molar-refractivity contribution in [3.8, 4) is 0 Å². The molecule has 24 heavy (non-hydrogen) atoms. The summed E-state index contributed by atoms with van der Waals surface area (Å²) in [6.07, 6.45) is 8.85. The molecule has 122 valence electrons. The number of benzene rings is 1. The van der Waals surface area contributed by atoms with E-state index in [4.69, 9.17) is 9.47 Å². The zero-order chi connectivity index (χ0) is 16.7. The lowest BCUT2D eigenvalue weighted by Crippen LogP contribution is -2.25. The number of allylic oxidation sites excluding steroid dienone is 4. The van der Waals surface area contributed by atoms with E-state index in [2.05, 4.69) is 29.4 Å². The second-order valence-corrected chi connectivity index (χ2v) is 6.29. The Balaban J connectivity index is 1.91. The molecule has 0 bridgehead atoms. The van der Waals surface area contributed by atoms with Crippen LogP contribution < -0.4 is 0 Å². The Morgan fingerprint density at radius 1 is 1.08 bits per heavy atom. The van der Waals surface area contributed by atoms with E-state index < -0.39 is 0 Å². The van der Waals surface area contributed by atoms with Crippen molar-refractivity contribution < 1.29 is 14.3 Å². The van der Waals surface area contributed by atoms with Gasteiger partial charge >= 0.3 is 0 Å². The number of rotatable bonds is 2. The molecule has 0 amide bonds. The van der Waals surface area contributed by atoms with Crippen molar-refractivity contribution >= 4 is 17.7 Å². The number of nitrogens with zero attached hydrogens (tertiary/aromatic N) is 1. The highest BCUT2D eigenvalue weighted by Crippen LogP contribution is 2.52. The first-order valence-corrected chi connectivity index (χ1v) is 8.14. The van der Waals surface area contributed by atoms with Gasteiger partial charge in [0.2, 0.25) is 0 Å². The summed E-state index contributed by atoms with van der Waals surface area (Å²) < 4.78 is 10.5. The Morgan fingerprint density at radius 2 is 1.79 bits per heavy atom. The summed E-state index contributed by atoms with van der Waals surface area (Å²) >= 11 is 0. The number of Topliss-reactive ketones (excluding diaryl/α,β-unsaturated/α-hetero) is 1. The maximum absolute atomic E-state index is 12.2. The molecule has 0 aromatic heterocycles. The number of para-hydroxylation sites is 1. The van der Waals surface area contributed by atoms with Crippen LogP contribution >= 0.6 is 0 Å². The van der Waals surface area contributed by atoms with Crippen LogP contribution in [0.3, 0.4) is 0 Å². The van der Waals surface area contributed by atoms with Crippen LogP contribution in [-0.2, 0) is 19.7 Å². The van der Waals surface area contributed by atoms with E-state index in [0.29, 0.717) is 11.5 Å². The first kappa shape index (κ1) is 14.9. The molecule has 1 heterocycles. The number of fused-ring (bicyclic) bond motifs is 2. The van der Waals surface area contributed by atoms with E-state index in [1.165, 1.54) is 25.4 Å². The minimum Gasteiger partial charge on any atom is -0.492 e. The third-order valence-corrected chi connectivity index (χ3v) is 5.15. The van der Waals surface area contributed by atoms with Crippen LogP contribution in [0.4, 0.5) is 5.69 Å². The molecular formula is C20H19NO3. The zero-order valence-corrected chi connectivity index (χ0v) is 13.8. The third-order valence-electron chi connectivity index (χ3n) is 5.15. The molecule has 1 aliphatic heterocycles. The molecule has 0 N–H and O–H groups in total. The minimum atomic E-state index is -0.211. The van der Waals surface area contributed by atoms with Crippen molar-refractivity contribution in [3.63, 3.8) is 0 Å². The minimum absolute atomic E-state index is 0.170. The summed E-state index contributed by atoms with van der Waals surface area (Å²) in [6.45, 7) is 0. The number of ketones is 1. The Bertz CT molecular complexity index is 818. The van der Waals surface area contributed by atoms with E-state index in [1.54, 1.807) is 0 Å². The van der Waals surface area contributed by atoms with E-state index in [9.17, 15) is 4.79 Å². The van der Waals surface area contributed by atoms with Gasteiger partial charge in [0, 0.05) is 6.21 Å². The Kier molecular flexibility index (Phi) is 3.41. The molecule has 0 radical (unpaired) electrons.